The normalized spacial score (nSPS) is 12.7. The van der Waals surface area contributed by atoms with Gasteiger partial charge in [0.25, 0.3) is 0 Å². The van der Waals surface area contributed by atoms with Crippen LogP contribution in [0.15, 0.2) is 85.1 Å². The van der Waals surface area contributed by atoms with Crippen LogP contribution in [0.1, 0.15) is 252 Å². The predicted octanol–water partition coefficient (Wildman–Crippen LogP) is 18.0. The summed E-state index contributed by atoms with van der Waals surface area (Å²) in [6.07, 6.45) is 68.7. The lowest BCUT2D eigenvalue weighted by Gasteiger charge is -2.18. The van der Waals surface area contributed by atoms with Crippen molar-refractivity contribution in [1.29, 1.82) is 0 Å². The summed E-state index contributed by atoms with van der Waals surface area (Å²) < 4.78 is 16.7. The molecule has 1 atom stereocenters. The molecule has 0 N–H and O–H groups in total. The van der Waals surface area contributed by atoms with Crippen LogP contribution < -0.4 is 0 Å². The minimum Gasteiger partial charge on any atom is -0.462 e. The van der Waals surface area contributed by atoms with E-state index in [1.807, 2.05) is 6.08 Å². The molecule has 0 spiro atoms. The maximum atomic E-state index is 12.8. The first-order chi connectivity index (χ1) is 32.0. The van der Waals surface area contributed by atoms with Gasteiger partial charge in [-0.2, -0.15) is 0 Å². The fourth-order valence-corrected chi connectivity index (χ4v) is 7.35. The van der Waals surface area contributed by atoms with Crippen LogP contribution in [0.25, 0.3) is 0 Å². The van der Waals surface area contributed by atoms with Gasteiger partial charge in [-0.25, -0.2) is 0 Å². The molecule has 0 aromatic rings. The summed E-state index contributed by atoms with van der Waals surface area (Å²) in [5.74, 6) is -0.995. The Bertz CT molecular complexity index is 1270. The molecule has 0 unspecified atom stereocenters. The number of unbranched alkanes of at least 4 members (excludes halogenated alkanes) is 23. The Hall–Kier alpha value is -3.41. The zero-order valence-electron chi connectivity index (χ0n) is 42.5. The number of rotatable bonds is 48. The maximum absolute atomic E-state index is 12.8. The molecule has 0 saturated carbocycles. The quantitative estimate of drug-likeness (QED) is 0.0262. The van der Waals surface area contributed by atoms with Crippen LogP contribution in [0.4, 0.5) is 0 Å². The third-order valence-corrected chi connectivity index (χ3v) is 11.4. The highest BCUT2D eigenvalue weighted by molar-refractivity contribution is 5.71. The fraction of sp³-hybridized carbons (Fsp3) is 0.712. The van der Waals surface area contributed by atoms with E-state index in [0.717, 1.165) is 89.9 Å². The number of allylic oxidation sites excluding steroid dienone is 14. The first kappa shape index (κ1) is 61.6. The van der Waals surface area contributed by atoms with E-state index in [1.54, 1.807) is 0 Å². The molecule has 65 heavy (non-hydrogen) atoms. The van der Waals surface area contributed by atoms with Crippen molar-refractivity contribution in [2.45, 2.75) is 258 Å². The largest absolute Gasteiger partial charge is 0.462 e. The van der Waals surface area contributed by atoms with E-state index >= 15 is 0 Å². The average Bonchev–Trinajstić information content (AvgIpc) is 3.30. The molecule has 0 aliphatic rings. The van der Waals surface area contributed by atoms with Crippen molar-refractivity contribution in [2.24, 2.45) is 0 Å². The number of hydrogen-bond acceptors (Lipinski definition) is 6. The van der Waals surface area contributed by atoms with Crippen molar-refractivity contribution >= 4 is 17.9 Å². The van der Waals surface area contributed by atoms with Gasteiger partial charge in [0.1, 0.15) is 13.2 Å². The van der Waals surface area contributed by atoms with Crippen molar-refractivity contribution in [1.82, 2.24) is 0 Å². The number of ether oxygens (including phenoxy) is 3. The Morgan fingerprint density at radius 1 is 0.323 bits per heavy atom. The van der Waals surface area contributed by atoms with Gasteiger partial charge >= 0.3 is 17.9 Å². The van der Waals surface area contributed by atoms with E-state index in [9.17, 15) is 14.4 Å². The number of carbonyl (C=O) groups is 3. The van der Waals surface area contributed by atoms with Gasteiger partial charge in [-0.05, 0) is 83.5 Å². The summed E-state index contributed by atoms with van der Waals surface area (Å²) in [6, 6.07) is 0. The minimum atomic E-state index is -0.808. The van der Waals surface area contributed by atoms with Crippen molar-refractivity contribution in [3.05, 3.63) is 85.1 Å². The summed E-state index contributed by atoms with van der Waals surface area (Å²) in [6.45, 7) is 6.44. The molecular formula is C59H100O6. The number of carbonyl (C=O) groups excluding carboxylic acids is 3. The molecule has 372 valence electrons. The summed E-state index contributed by atoms with van der Waals surface area (Å²) in [4.78, 5) is 38.0. The Morgan fingerprint density at radius 3 is 1.06 bits per heavy atom. The van der Waals surface area contributed by atoms with Crippen LogP contribution in [0.2, 0.25) is 0 Å². The highest BCUT2D eigenvalue weighted by atomic mass is 16.6. The summed E-state index contributed by atoms with van der Waals surface area (Å²) in [5, 5.41) is 0. The molecule has 0 heterocycles. The first-order valence-electron chi connectivity index (χ1n) is 27.1. The second kappa shape index (κ2) is 53.2. The molecule has 0 aliphatic carbocycles. The molecule has 0 fully saturated rings. The summed E-state index contributed by atoms with van der Waals surface area (Å²) >= 11 is 0. The van der Waals surface area contributed by atoms with Gasteiger partial charge < -0.3 is 14.2 Å². The van der Waals surface area contributed by atoms with Gasteiger partial charge in [-0.15, -0.1) is 0 Å². The monoisotopic (exact) mass is 905 g/mol. The van der Waals surface area contributed by atoms with E-state index in [1.165, 1.54) is 116 Å². The van der Waals surface area contributed by atoms with Gasteiger partial charge in [0.05, 0.1) is 0 Å². The van der Waals surface area contributed by atoms with Gasteiger partial charge in [-0.1, -0.05) is 234 Å². The van der Waals surface area contributed by atoms with Crippen LogP contribution in [0.5, 0.6) is 0 Å². The van der Waals surface area contributed by atoms with Crippen LogP contribution in [-0.4, -0.2) is 37.2 Å². The molecule has 0 aromatic heterocycles. The lowest BCUT2D eigenvalue weighted by Crippen LogP contribution is -2.30. The topological polar surface area (TPSA) is 78.9 Å². The van der Waals surface area contributed by atoms with E-state index in [-0.39, 0.29) is 37.5 Å². The molecule has 0 saturated heterocycles. The summed E-state index contributed by atoms with van der Waals surface area (Å²) in [5.41, 5.74) is 0. The molecular weight excluding hydrogens is 805 g/mol. The predicted molar refractivity (Wildman–Crippen MR) is 279 cm³/mol. The number of hydrogen-bond donors (Lipinski definition) is 0. The smallest absolute Gasteiger partial charge is 0.306 e. The Kier molecular flexibility index (Phi) is 50.4. The SMILES string of the molecule is CC/C=C\C/C=C\C/C=C\C/C=C\C/C=C\C/C=C\CCC(=O)OC[C@@H](COC(=O)CCCCCCC/C=C\CCCCC)OC(=O)CCCCCCCCCCCCCCCCCC. The Morgan fingerprint density at radius 2 is 0.631 bits per heavy atom. The fourth-order valence-electron chi connectivity index (χ4n) is 7.35. The highest BCUT2D eigenvalue weighted by Gasteiger charge is 2.19. The molecule has 0 aromatic carbocycles. The molecule has 0 rings (SSSR count). The minimum absolute atomic E-state index is 0.103. The zero-order chi connectivity index (χ0) is 47.2. The molecule has 0 radical (unpaired) electrons. The molecule has 6 heteroatoms. The van der Waals surface area contributed by atoms with Crippen molar-refractivity contribution in [3.8, 4) is 0 Å². The van der Waals surface area contributed by atoms with Gasteiger partial charge in [0.2, 0.25) is 0 Å². The lowest BCUT2D eigenvalue weighted by molar-refractivity contribution is -0.166. The van der Waals surface area contributed by atoms with E-state index in [2.05, 4.69) is 99.8 Å². The van der Waals surface area contributed by atoms with Crippen molar-refractivity contribution in [2.75, 3.05) is 13.2 Å². The second-order valence-corrected chi connectivity index (χ2v) is 17.8. The number of esters is 3. The maximum Gasteiger partial charge on any atom is 0.306 e. The van der Waals surface area contributed by atoms with E-state index in [0.29, 0.717) is 19.3 Å². The zero-order valence-corrected chi connectivity index (χ0v) is 42.5. The Labute approximate surface area is 401 Å². The van der Waals surface area contributed by atoms with Gasteiger partial charge in [0, 0.05) is 19.3 Å². The van der Waals surface area contributed by atoms with E-state index in [4.69, 9.17) is 14.2 Å². The van der Waals surface area contributed by atoms with Crippen LogP contribution in [0, 0.1) is 0 Å². The Balaban J connectivity index is 4.48. The molecule has 0 aliphatic heterocycles. The van der Waals surface area contributed by atoms with Crippen LogP contribution >= 0.6 is 0 Å². The second-order valence-electron chi connectivity index (χ2n) is 17.8. The van der Waals surface area contributed by atoms with Gasteiger partial charge in [0.15, 0.2) is 6.10 Å². The highest BCUT2D eigenvalue weighted by Crippen LogP contribution is 2.15. The third-order valence-electron chi connectivity index (χ3n) is 11.4. The van der Waals surface area contributed by atoms with Crippen molar-refractivity contribution < 1.29 is 28.6 Å². The summed E-state index contributed by atoms with van der Waals surface area (Å²) in [7, 11) is 0. The standard InChI is InChI=1S/C59H100O6/c1-4-7-10-13-16-19-22-25-27-29-30-31-33-34-37-40-43-46-49-52-58(61)64-55-56(54-63-57(60)51-48-45-42-39-36-24-21-18-15-12-9-6-3)65-59(62)53-50-47-44-41-38-35-32-28-26-23-20-17-14-11-8-5-2/h7,10,16,18-19,21,25,27,30-31,34,37,43,46,56H,4-6,8-9,11-15,17,20,22-24,26,28-29,32-33,35-36,38-42,44-45,47-55H2,1-3H3/b10-7-,19-16-,21-18-,27-25-,31-30-,37-34-,46-43-/t56-/m1/s1. The van der Waals surface area contributed by atoms with Crippen LogP contribution in [0.3, 0.4) is 0 Å². The van der Waals surface area contributed by atoms with E-state index < -0.39 is 6.10 Å². The van der Waals surface area contributed by atoms with Crippen molar-refractivity contribution in [3.63, 3.8) is 0 Å². The third kappa shape index (κ3) is 51.4. The lowest BCUT2D eigenvalue weighted by atomic mass is 10.0. The van der Waals surface area contributed by atoms with Gasteiger partial charge in [-0.3, -0.25) is 14.4 Å². The average molecular weight is 905 g/mol. The molecule has 0 amide bonds. The molecule has 6 nitrogen and oxygen atoms in total. The first-order valence-corrected chi connectivity index (χ1v) is 27.1. The molecule has 0 bridgehead atoms. The van der Waals surface area contributed by atoms with Crippen LogP contribution in [-0.2, 0) is 28.6 Å².